The fourth-order valence-electron chi connectivity index (χ4n) is 1.60. The van der Waals surface area contributed by atoms with Crippen molar-refractivity contribution in [2.45, 2.75) is 19.3 Å². The highest BCUT2D eigenvalue weighted by atomic mass is 19.4. The number of nitrogens with zero attached hydrogens (tertiary/aromatic N) is 4. The van der Waals surface area contributed by atoms with E-state index in [2.05, 4.69) is 20.8 Å². The minimum absolute atomic E-state index is 0.00469. The second-order valence-corrected chi connectivity index (χ2v) is 3.94. The first kappa shape index (κ1) is 14.0. The Labute approximate surface area is 111 Å². The van der Waals surface area contributed by atoms with Crippen molar-refractivity contribution < 1.29 is 18.0 Å². The highest BCUT2D eigenvalue weighted by Crippen LogP contribution is 2.31. The lowest BCUT2D eigenvalue weighted by atomic mass is 10.1. The molecule has 0 aliphatic carbocycles. The molecule has 0 unspecified atom stereocenters. The molecule has 1 amide bonds. The Bertz CT molecular complexity index is 582. The van der Waals surface area contributed by atoms with E-state index >= 15 is 0 Å². The lowest BCUT2D eigenvalue weighted by molar-refractivity contribution is -0.138. The molecule has 0 aliphatic heterocycles. The van der Waals surface area contributed by atoms with E-state index < -0.39 is 17.6 Å². The molecule has 1 aromatic heterocycles. The van der Waals surface area contributed by atoms with Crippen LogP contribution < -0.4 is 5.32 Å². The van der Waals surface area contributed by atoms with Gasteiger partial charge in [-0.2, -0.15) is 13.2 Å². The third kappa shape index (κ3) is 3.53. The van der Waals surface area contributed by atoms with Crippen LogP contribution >= 0.6 is 0 Å². The van der Waals surface area contributed by atoms with Gasteiger partial charge in [-0.1, -0.05) is 18.2 Å². The molecule has 9 heteroatoms. The van der Waals surface area contributed by atoms with Crippen LogP contribution in [-0.2, 0) is 24.1 Å². The second kappa shape index (κ2) is 5.68. The lowest BCUT2D eigenvalue weighted by Gasteiger charge is -2.13. The summed E-state index contributed by atoms with van der Waals surface area (Å²) in [5.74, 6) is -0.478. The van der Waals surface area contributed by atoms with Gasteiger partial charge in [0.05, 0.1) is 5.56 Å². The molecule has 0 radical (unpaired) electrons. The highest BCUT2D eigenvalue weighted by Gasteiger charge is 2.32. The molecule has 1 N–H and O–H groups in total. The summed E-state index contributed by atoms with van der Waals surface area (Å²) in [7, 11) is 0. The number of alkyl halides is 3. The van der Waals surface area contributed by atoms with Crippen molar-refractivity contribution in [3.05, 3.63) is 41.7 Å². The van der Waals surface area contributed by atoms with Crippen LogP contribution in [0.25, 0.3) is 0 Å². The first-order valence-corrected chi connectivity index (χ1v) is 5.59. The van der Waals surface area contributed by atoms with Crippen LogP contribution in [0.3, 0.4) is 0 Å². The van der Waals surface area contributed by atoms with E-state index in [1.807, 2.05) is 0 Å². The maximum atomic E-state index is 12.7. The first-order chi connectivity index (χ1) is 9.47. The van der Waals surface area contributed by atoms with Gasteiger partial charge < -0.3 is 5.32 Å². The number of carbonyl (C=O) groups is 1. The van der Waals surface area contributed by atoms with Crippen molar-refractivity contribution in [3.8, 4) is 0 Å². The number of hydrogen-bond donors (Lipinski definition) is 1. The first-order valence-electron chi connectivity index (χ1n) is 5.59. The minimum atomic E-state index is -4.45. The molecular weight excluding hydrogens is 275 g/mol. The van der Waals surface area contributed by atoms with Crippen molar-refractivity contribution in [3.63, 3.8) is 0 Å². The molecule has 2 aromatic rings. The van der Waals surface area contributed by atoms with Crippen LogP contribution in [0.1, 0.15) is 11.1 Å². The summed E-state index contributed by atoms with van der Waals surface area (Å²) in [6, 6.07) is 5.08. The van der Waals surface area contributed by atoms with E-state index in [-0.39, 0.29) is 18.7 Å². The fourth-order valence-corrected chi connectivity index (χ4v) is 1.60. The average Bonchev–Trinajstić information content (AvgIpc) is 2.88. The van der Waals surface area contributed by atoms with Crippen LogP contribution in [-0.4, -0.2) is 26.1 Å². The van der Waals surface area contributed by atoms with E-state index in [1.54, 1.807) is 0 Å². The standard InChI is InChI=1S/C11H10F3N5O/c12-11(13,14)9-4-2-1-3-8(9)5-15-10(20)6-19-7-16-17-18-19/h1-4,7H,5-6H2,(H,15,20). The largest absolute Gasteiger partial charge is 0.416 e. The smallest absolute Gasteiger partial charge is 0.350 e. The number of benzene rings is 1. The normalized spacial score (nSPS) is 11.3. The third-order valence-electron chi connectivity index (χ3n) is 2.50. The van der Waals surface area contributed by atoms with E-state index in [1.165, 1.54) is 29.2 Å². The number of nitrogens with one attached hydrogen (secondary N) is 1. The fraction of sp³-hybridized carbons (Fsp3) is 0.273. The van der Waals surface area contributed by atoms with Gasteiger partial charge in [-0.3, -0.25) is 4.79 Å². The molecule has 1 aromatic carbocycles. The van der Waals surface area contributed by atoms with E-state index in [0.29, 0.717) is 0 Å². The molecule has 0 fully saturated rings. The van der Waals surface area contributed by atoms with Crippen LogP contribution in [0.2, 0.25) is 0 Å². The van der Waals surface area contributed by atoms with Gasteiger partial charge in [0.1, 0.15) is 12.9 Å². The van der Waals surface area contributed by atoms with Crippen LogP contribution in [0.5, 0.6) is 0 Å². The molecule has 1 heterocycles. The summed E-state index contributed by atoms with van der Waals surface area (Å²) < 4.78 is 39.4. The Morgan fingerprint density at radius 2 is 2.05 bits per heavy atom. The van der Waals surface area contributed by atoms with Crippen molar-refractivity contribution in [1.82, 2.24) is 25.5 Å². The summed E-state index contributed by atoms with van der Waals surface area (Å²) in [5.41, 5.74) is -0.757. The maximum Gasteiger partial charge on any atom is 0.416 e. The molecule has 0 bridgehead atoms. The number of carbonyl (C=O) groups excluding carboxylic acids is 1. The number of amides is 1. The van der Waals surface area contributed by atoms with Crippen molar-refractivity contribution >= 4 is 5.91 Å². The molecule has 0 saturated heterocycles. The number of halogens is 3. The van der Waals surface area contributed by atoms with Gasteiger partial charge in [0.2, 0.25) is 5.91 Å². The van der Waals surface area contributed by atoms with Crippen molar-refractivity contribution in [1.29, 1.82) is 0 Å². The van der Waals surface area contributed by atoms with Gasteiger partial charge in [0.15, 0.2) is 0 Å². The minimum Gasteiger partial charge on any atom is -0.350 e. The van der Waals surface area contributed by atoms with Gasteiger partial charge in [-0.15, -0.1) is 5.10 Å². The molecular formula is C11H10F3N5O. The summed E-state index contributed by atoms with van der Waals surface area (Å²) in [6.07, 6.45) is -3.21. The molecule has 0 spiro atoms. The topological polar surface area (TPSA) is 72.7 Å². The second-order valence-electron chi connectivity index (χ2n) is 3.94. The zero-order valence-electron chi connectivity index (χ0n) is 10.1. The third-order valence-corrected chi connectivity index (χ3v) is 2.50. The van der Waals surface area contributed by atoms with E-state index in [9.17, 15) is 18.0 Å². The monoisotopic (exact) mass is 285 g/mol. The van der Waals surface area contributed by atoms with Crippen LogP contribution in [0, 0.1) is 0 Å². The molecule has 2 rings (SSSR count). The van der Waals surface area contributed by atoms with E-state index in [4.69, 9.17) is 0 Å². The maximum absolute atomic E-state index is 12.7. The summed E-state index contributed by atoms with van der Waals surface area (Å²) in [4.78, 5) is 11.5. The Hall–Kier alpha value is -2.45. The number of rotatable bonds is 4. The highest BCUT2D eigenvalue weighted by molar-refractivity contribution is 5.75. The average molecular weight is 285 g/mol. The van der Waals surface area contributed by atoms with E-state index in [0.717, 1.165) is 6.07 Å². The summed E-state index contributed by atoms with van der Waals surface area (Å²) in [6.45, 7) is -0.363. The molecule has 0 saturated carbocycles. The molecule has 20 heavy (non-hydrogen) atoms. The Kier molecular flexibility index (Phi) is 3.97. The Morgan fingerprint density at radius 3 is 2.70 bits per heavy atom. The van der Waals surface area contributed by atoms with Gasteiger partial charge >= 0.3 is 6.18 Å². The summed E-state index contributed by atoms with van der Waals surface area (Å²) >= 11 is 0. The van der Waals surface area contributed by atoms with Gasteiger partial charge in [-0.25, -0.2) is 4.68 Å². The Morgan fingerprint density at radius 1 is 1.30 bits per heavy atom. The molecule has 6 nitrogen and oxygen atoms in total. The van der Waals surface area contributed by atoms with Crippen LogP contribution in [0.4, 0.5) is 13.2 Å². The van der Waals surface area contributed by atoms with Crippen LogP contribution in [0.15, 0.2) is 30.6 Å². The Balaban J connectivity index is 1.99. The summed E-state index contributed by atoms with van der Waals surface area (Å²) in [5, 5.41) is 12.6. The zero-order chi connectivity index (χ0) is 14.6. The van der Waals surface area contributed by atoms with Crippen molar-refractivity contribution in [2.24, 2.45) is 0 Å². The number of hydrogen-bond acceptors (Lipinski definition) is 4. The quantitative estimate of drug-likeness (QED) is 0.910. The van der Waals surface area contributed by atoms with Gasteiger partial charge in [0, 0.05) is 6.54 Å². The van der Waals surface area contributed by atoms with Gasteiger partial charge in [-0.05, 0) is 22.1 Å². The predicted molar refractivity (Wildman–Crippen MR) is 61.1 cm³/mol. The SMILES string of the molecule is O=C(Cn1cnnn1)NCc1ccccc1C(F)(F)F. The molecule has 106 valence electrons. The van der Waals surface area contributed by atoms with Crippen molar-refractivity contribution in [2.75, 3.05) is 0 Å². The lowest BCUT2D eigenvalue weighted by Crippen LogP contribution is -2.28. The number of aromatic nitrogens is 4. The molecule has 0 aliphatic rings. The molecule has 0 atom stereocenters. The zero-order valence-corrected chi connectivity index (χ0v) is 10.1. The number of tetrazole rings is 1. The van der Waals surface area contributed by atoms with Gasteiger partial charge in [0.25, 0.3) is 0 Å². The predicted octanol–water partition coefficient (Wildman–Crippen LogP) is 1.01.